The minimum absolute atomic E-state index is 0.269. The lowest BCUT2D eigenvalue weighted by molar-refractivity contribution is 0.168. The summed E-state index contributed by atoms with van der Waals surface area (Å²) in [6, 6.07) is 6.89. The van der Waals surface area contributed by atoms with Crippen molar-refractivity contribution in [2.45, 2.75) is 6.04 Å². The van der Waals surface area contributed by atoms with E-state index < -0.39 is 6.09 Å². The Morgan fingerprint density at radius 3 is 2.60 bits per heavy atom. The largest absolute Gasteiger partial charge is 0.453 e. The summed E-state index contributed by atoms with van der Waals surface area (Å²) in [6.07, 6.45) is 1.13. The number of hydrogen-bond donors (Lipinski definition) is 1. The molecule has 1 aromatic carbocycles. The molecular weight excluding hydrogens is 214 g/mol. The number of halogens is 1. The molecule has 0 bridgehead atoms. The lowest BCUT2D eigenvalue weighted by Gasteiger charge is -2.13. The first-order valence-electron chi connectivity index (χ1n) is 4.40. The lowest BCUT2D eigenvalue weighted by atomic mass is 10.1. The van der Waals surface area contributed by atoms with Crippen LogP contribution in [0.25, 0.3) is 0 Å². The van der Waals surface area contributed by atoms with Crippen LogP contribution in [0.4, 0.5) is 4.79 Å². The Hall–Kier alpha value is -1.48. The van der Waals surface area contributed by atoms with Gasteiger partial charge in [-0.25, -0.2) is 4.79 Å². The summed E-state index contributed by atoms with van der Waals surface area (Å²) in [6.45, 7) is 3.64. The van der Waals surface area contributed by atoms with E-state index in [4.69, 9.17) is 11.6 Å². The maximum absolute atomic E-state index is 11.0. The minimum Gasteiger partial charge on any atom is -0.453 e. The fourth-order valence-electron chi connectivity index (χ4n) is 1.13. The van der Waals surface area contributed by atoms with E-state index in [1.165, 1.54) is 7.11 Å². The van der Waals surface area contributed by atoms with Crippen molar-refractivity contribution in [2.24, 2.45) is 0 Å². The van der Waals surface area contributed by atoms with Gasteiger partial charge in [0.15, 0.2) is 0 Å². The molecule has 3 nitrogen and oxygen atoms in total. The van der Waals surface area contributed by atoms with Gasteiger partial charge in [0.2, 0.25) is 0 Å². The molecule has 1 unspecified atom stereocenters. The molecule has 80 valence electrons. The van der Waals surface area contributed by atoms with Gasteiger partial charge in [-0.2, -0.15) is 0 Å². The number of methoxy groups -OCH3 is 1. The van der Waals surface area contributed by atoms with Crippen LogP contribution in [0.5, 0.6) is 0 Å². The second-order valence-corrected chi connectivity index (χ2v) is 3.34. The lowest BCUT2D eigenvalue weighted by Crippen LogP contribution is -2.26. The van der Waals surface area contributed by atoms with Gasteiger partial charge in [-0.15, -0.1) is 6.58 Å². The molecule has 1 N–H and O–H groups in total. The van der Waals surface area contributed by atoms with E-state index in [-0.39, 0.29) is 6.04 Å². The van der Waals surface area contributed by atoms with Crippen molar-refractivity contribution in [3.63, 3.8) is 0 Å². The number of rotatable bonds is 3. The van der Waals surface area contributed by atoms with Gasteiger partial charge in [0.05, 0.1) is 13.2 Å². The number of alkyl carbamates (subject to hydrolysis) is 1. The number of carbonyl (C=O) groups excluding carboxylic acids is 1. The topological polar surface area (TPSA) is 38.3 Å². The third-order valence-corrected chi connectivity index (χ3v) is 2.18. The summed E-state index contributed by atoms with van der Waals surface area (Å²) in [5, 5.41) is 3.28. The van der Waals surface area contributed by atoms with Gasteiger partial charge in [-0.1, -0.05) is 29.8 Å². The minimum atomic E-state index is -0.491. The molecule has 0 heterocycles. The molecule has 1 rings (SSSR count). The highest BCUT2D eigenvalue weighted by atomic mass is 35.5. The number of hydrogen-bond acceptors (Lipinski definition) is 2. The van der Waals surface area contributed by atoms with Gasteiger partial charge in [0.1, 0.15) is 0 Å². The average molecular weight is 226 g/mol. The van der Waals surface area contributed by atoms with E-state index in [2.05, 4.69) is 16.6 Å². The van der Waals surface area contributed by atoms with Crippen molar-refractivity contribution in [1.29, 1.82) is 0 Å². The van der Waals surface area contributed by atoms with E-state index in [0.29, 0.717) is 5.02 Å². The Bertz CT molecular complexity index is 348. The molecule has 0 aromatic heterocycles. The van der Waals surface area contributed by atoms with Crippen LogP contribution in [0.2, 0.25) is 5.02 Å². The first kappa shape index (κ1) is 11.6. The van der Waals surface area contributed by atoms with E-state index in [0.717, 1.165) is 5.56 Å². The van der Waals surface area contributed by atoms with Crippen LogP contribution < -0.4 is 5.32 Å². The van der Waals surface area contributed by atoms with Crippen molar-refractivity contribution < 1.29 is 9.53 Å². The van der Waals surface area contributed by atoms with Gasteiger partial charge >= 0.3 is 6.09 Å². The summed E-state index contributed by atoms with van der Waals surface area (Å²) >= 11 is 5.75. The zero-order valence-electron chi connectivity index (χ0n) is 8.37. The Labute approximate surface area is 93.7 Å². The normalized spacial score (nSPS) is 11.6. The van der Waals surface area contributed by atoms with E-state index in [1.807, 2.05) is 12.1 Å². The molecule has 0 spiro atoms. The molecule has 0 fully saturated rings. The Kier molecular flexibility index (Phi) is 4.18. The van der Waals surface area contributed by atoms with Gasteiger partial charge < -0.3 is 10.1 Å². The first-order valence-corrected chi connectivity index (χ1v) is 4.77. The van der Waals surface area contributed by atoms with E-state index in [1.54, 1.807) is 18.2 Å². The molecule has 0 aliphatic rings. The Morgan fingerprint density at radius 1 is 1.53 bits per heavy atom. The van der Waals surface area contributed by atoms with Gasteiger partial charge in [0.25, 0.3) is 0 Å². The van der Waals surface area contributed by atoms with Crippen molar-refractivity contribution in [3.8, 4) is 0 Å². The highest BCUT2D eigenvalue weighted by Crippen LogP contribution is 2.17. The maximum atomic E-state index is 11.0. The molecule has 1 aromatic rings. The molecule has 0 saturated heterocycles. The van der Waals surface area contributed by atoms with Crippen molar-refractivity contribution in [2.75, 3.05) is 7.11 Å². The molecule has 1 atom stereocenters. The third-order valence-electron chi connectivity index (χ3n) is 1.92. The zero-order valence-corrected chi connectivity index (χ0v) is 9.12. The summed E-state index contributed by atoms with van der Waals surface area (Å²) in [5.41, 5.74) is 0.903. The summed E-state index contributed by atoms with van der Waals surface area (Å²) in [4.78, 5) is 11.0. The van der Waals surface area contributed by atoms with Gasteiger partial charge in [-0.3, -0.25) is 0 Å². The van der Waals surface area contributed by atoms with Gasteiger partial charge in [0, 0.05) is 5.02 Å². The zero-order chi connectivity index (χ0) is 11.3. The number of nitrogens with one attached hydrogen (secondary N) is 1. The predicted octanol–water partition coefficient (Wildman–Crippen LogP) is 2.92. The van der Waals surface area contributed by atoms with Crippen molar-refractivity contribution in [1.82, 2.24) is 5.32 Å². The molecule has 0 radical (unpaired) electrons. The molecule has 15 heavy (non-hydrogen) atoms. The molecule has 1 amide bonds. The highest BCUT2D eigenvalue weighted by molar-refractivity contribution is 6.30. The number of ether oxygens (including phenoxy) is 1. The van der Waals surface area contributed by atoms with Gasteiger partial charge in [-0.05, 0) is 17.7 Å². The van der Waals surface area contributed by atoms with Crippen LogP contribution in [0.1, 0.15) is 11.6 Å². The fourth-order valence-corrected chi connectivity index (χ4v) is 1.26. The summed E-state index contributed by atoms with van der Waals surface area (Å²) in [5.74, 6) is 0. The smallest absolute Gasteiger partial charge is 0.407 e. The second kappa shape index (κ2) is 5.41. The number of benzene rings is 1. The van der Waals surface area contributed by atoms with E-state index in [9.17, 15) is 4.79 Å². The standard InChI is InChI=1S/C11H12ClNO2/c1-3-10(13-11(14)15-2)8-4-6-9(12)7-5-8/h3-7,10H,1H2,2H3,(H,13,14). The Morgan fingerprint density at radius 2 is 2.13 bits per heavy atom. The fraction of sp³-hybridized carbons (Fsp3) is 0.182. The third kappa shape index (κ3) is 3.29. The molecule has 0 saturated carbocycles. The van der Waals surface area contributed by atoms with Crippen LogP contribution in [0.3, 0.4) is 0 Å². The number of carbonyl (C=O) groups is 1. The first-order chi connectivity index (χ1) is 7.17. The van der Waals surface area contributed by atoms with Crippen LogP contribution in [0, 0.1) is 0 Å². The molecular formula is C11H12ClNO2. The van der Waals surface area contributed by atoms with Crippen LogP contribution in [-0.2, 0) is 4.74 Å². The van der Waals surface area contributed by atoms with Crippen molar-refractivity contribution >= 4 is 17.7 Å². The van der Waals surface area contributed by atoms with Crippen molar-refractivity contribution in [3.05, 3.63) is 47.5 Å². The number of amides is 1. The van der Waals surface area contributed by atoms with E-state index >= 15 is 0 Å². The molecule has 0 aliphatic carbocycles. The molecule has 4 heteroatoms. The summed E-state index contributed by atoms with van der Waals surface area (Å²) in [7, 11) is 1.32. The highest BCUT2D eigenvalue weighted by Gasteiger charge is 2.10. The van der Waals surface area contributed by atoms with Crippen LogP contribution >= 0.6 is 11.6 Å². The monoisotopic (exact) mass is 225 g/mol. The second-order valence-electron chi connectivity index (χ2n) is 2.90. The maximum Gasteiger partial charge on any atom is 0.407 e. The average Bonchev–Trinajstić information content (AvgIpc) is 2.27. The SMILES string of the molecule is C=CC(NC(=O)OC)c1ccc(Cl)cc1. The van der Waals surface area contributed by atoms with Crippen LogP contribution in [0.15, 0.2) is 36.9 Å². The summed E-state index contributed by atoms with van der Waals surface area (Å²) < 4.78 is 4.50. The van der Waals surface area contributed by atoms with Crippen LogP contribution in [-0.4, -0.2) is 13.2 Å². The Balaban J connectivity index is 2.78. The molecule has 0 aliphatic heterocycles. The predicted molar refractivity (Wildman–Crippen MR) is 59.9 cm³/mol. The quantitative estimate of drug-likeness (QED) is 0.804.